The van der Waals surface area contributed by atoms with Gasteiger partial charge in [-0.3, -0.25) is 4.79 Å². The SMILES string of the molecule is CCOC(=O)c1cc2ccc(OCc3ccccc3)cc2o1.O=Cc1ccc(OCc2ccccc2)cc1O. The van der Waals surface area contributed by atoms with Crippen LogP contribution < -0.4 is 9.47 Å². The van der Waals surface area contributed by atoms with E-state index >= 15 is 0 Å². The summed E-state index contributed by atoms with van der Waals surface area (Å²) in [4.78, 5) is 22.2. The molecule has 7 nitrogen and oxygen atoms in total. The molecule has 5 rings (SSSR count). The van der Waals surface area contributed by atoms with E-state index in [4.69, 9.17) is 18.6 Å². The maximum Gasteiger partial charge on any atom is 0.374 e. The highest BCUT2D eigenvalue weighted by atomic mass is 16.5. The van der Waals surface area contributed by atoms with E-state index < -0.39 is 5.97 Å². The Morgan fingerprint density at radius 2 is 1.38 bits per heavy atom. The molecular formula is C32H28O7. The van der Waals surface area contributed by atoms with Gasteiger partial charge in [0.15, 0.2) is 6.29 Å². The summed E-state index contributed by atoms with van der Waals surface area (Å²) in [5.41, 5.74) is 3.01. The van der Waals surface area contributed by atoms with Crippen LogP contribution >= 0.6 is 0 Å². The van der Waals surface area contributed by atoms with Gasteiger partial charge in [0.05, 0.1) is 12.2 Å². The highest BCUT2D eigenvalue weighted by molar-refractivity contribution is 5.92. The zero-order valence-corrected chi connectivity index (χ0v) is 21.4. The topological polar surface area (TPSA) is 95.2 Å². The fourth-order valence-electron chi connectivity index (χ4n) is 3.60. The van der Waals surface area contributed by atoms with Crippen LogP contribution in [0.4, 0.5) is 0 Å². The van der Waals surface area contributed by atoms with Gasteiger partial charge in [-0.1, -0.05) is 60.7 Å². The standard InChI is InChI=1S/C18H16O4.C14H12O3/c1-2-20-18(19)17-10-14-8-9-15(11-16(14)22-17)21-12-13-6-4-3-5-7-13;15-9-12-6-7-13(8-14(12)16)17-10-11-4-2-1-3-5-11/h3-11H,2,12H2,1H3;1-9,16H,10H2. The van der Waals surface area contributed by atoms with Gasteiger partial charge < -0.3 is 23.7 Å². The van der Waals surface area contributed by atoms with E-state index in [2.05, 4.69) is 0 Å². The van der Waals surface area contributed by atoms with Crippen molar-refractivity contribution < 1.29 is 33.3 Å². The largest absolute Gasteiger partial charge is 0.507 e. The number of aldehydes is 1. The van der Waals surface area contributed by atoms with Crippen molar-refractivity contribution in [3.05, 3.63) is 126 Å². The molecular weight excluding hydrogens is 496 g/mol. The van der Waals surface area contributed by atoms with Crippen LogP contribution in [-0.2, 0) is 18.0 Å². The summed E-state index contributed by atoms with van der Waals surface area (Å²) in [5, 5.41) is 10.3. The predicted octanol–water partition coefficient (Wildman–Crippen LogP) is 6.97. The Hall–Kier alpha value is -5.04. The van der Waals surface area contributed by atoms with Crippen LogP contribution in [0.15, 0.2) is 108 Å². The van der Waals surface area contributed by atoms with Crippen molar-refractivity contribution in [3.63, 3.8) is 0 Å². The third kappa shape index (κ3) is 7.72. The fourth-order valence-corrected chi connectivity index (χ4v) is 3.60. The lowest BCUT2D eigenvalue weighted by Gasteiger charge is -2.07. The lowest BCUT2D eigenvalue weighted by atomic mass is 10.2. The number of ether oxygens (including phenoxy) is 3. The number of hydrogen-bond acceptors (Lipinski definition) is 7. The lowest BCUT2D eigenvalue weighted by molar-refractivity contribution is 0.0492. The molecule has 5 aromatic rings. The van der Waals surface area contributed by atoms with Gasteiger partial charge in [-0.25, -0.2) is 4.79 Å². The average molecular weight is 525 g/mol. The first-order valence-electron chi connectivity index (χ1n) is 12.4. The minimum atomic E-state index is -0.453. The van der Waals surface area contributed by atoms with Crippen LogP contribution in [0, 0.1) is 0 Å². The smallest absolute Gasteiger partial charge is 0.374 e. The van der Waals surface area contributed by atoms with Crippen molar-refractivity contribution >= 4 is 23.2 Å². The Labute approximate surface area is 226 Å². The first-order chi connectivity index (χ1) is 19.1. The number of rotatable bonds is 9. The summed E-state index contributed by atoms with van der Waals surface area (Å²) < 4.78 is 21.7. The summed E-state index contributed by atoms with van der Waals surface area (Å²) in [7, 11) is 0. The molecule has 0 aliphatic carbocycles. The molecule has 0 aliphatic heterocycles. The molecule has 1 aromatic heterocycles. The van der Waals surface area contributed by atoms with Crippen molar-refractivity contribution in [2.24, 2.45) is 0 Å². The molecule has 7 heteroatoms. The van der Waals surface area contributed by atoms with E-state index in [1.807, 2.05) is 72.8 Å². The van der Waals surface area contributed by atoms with Gasteiger partial charge in [-0.2, -0.15) is 0 Å². The second-order valence-electron chi connectivity index (χ2n) is 8.42. The number of phenols is 1. The van der Waals surface area contributed by atoms with Crippen LogP contribution in [0.5, 0.6) is 17.2 Å². The number of aromatic hydroxyl groups is 1. The molecule has 1 N–H and O–H groups in total. The summed E-state index contributed by atoms with van der Waals surface area (Å²) >= 11 is 0. The minimum Gasteiger partial charge on any atom is -0.507 e. The van der Waals surface area contributed by atoms with Gasteiger partial charge >= 0.3 is 5.97 Å². The Morgan fingerprint density at radius 3 is 1.95 bits per heavy atom. The highest BCUT2D eigenvalue weighted by Gasteiger charge is 2.13. The number of hydrogen-bond donors (Lipinski definition) is 1. The summed E-state index contributed by atoms with van der Waals surface area (Å²) in [6, 6.07) is 31.4. The Morgan fingerprint density at radius 1 is 0.795 bits per heavy atom. The second kappa shape index (κ2) is 13.5. The first kappa shape index (κ1) is 27.0. The normalized spacial score (nSPS) is 10.3. The van der Waals surface area contributed by atoms with Crippen molar-refractivity contribution in [1.82, 2.24) is 0 Å². The molecule has 0 aliphatic rings. The van der Waals surface area contributed by atoms with Gasteiger partial charge in [-0.15, -0.1) is 0 Å². The molecule has 0 atom stereocenters. The van der Waals surface area contributed by atoms with Gasteiger partial charge in [0.25, 0.3) is 0 Å². The van der Waals surface area contributed by atoms with Crippen LogP contribution in [0.3, 0.4) is 0 Å². The zero-order valence-electron chi connectivity index (χ0n) is 21.4. The summed E-state index contributed by atoms with van der Waals surface area (Å²) in [6.07, 6.45) is 0.607. The Kier molecular flexibility index (Phi) is 9.34. The lowest BCUT2D eigenvalue weighted by Crippen LogP contribution is -2.02. The van der Waals surface area contributed by atoms with Crippen molar-refractivity contribution in [1.29, 1.82) is 0 Å². The maximum atomic E-state index is 11.7. The van der Waals surface area contributed by atoms with Crippen LogP contribution in [-0.4, -0.2) is 24.0 Å². The van der Waals surface area contributed by atoms with Gasteiger partial charge in [-0.05, 0) is 48.4 Å². The third-order valence-corrected chi connectivity index (χ3v) is 5.59. The Balaban J connectivity index is 0.000000187. The third-order valence-electron chi connectivity index (χ3n) is 5.59. The molecule has 0 fully saturated rings. The molecule has 0 saturated carbocycles. The first-order valence-corrected chi connectivity index (χ1v) is 12.4. The molecule has 0 spiro atoms. The van der Waals surface area contributed by atoms with E-state index in [0.717, 1.165) is 16.5 Å². The van der Waals surface area contributed by atoms with Gasteiger partial charge in [0.1, 0.15) is 36.0 Å². The number of carbonyl (C=O) groups is 2. The summed E-state index contributed by atoms with van der Waals surface area (Å²) in [6.45, 7) is 3.00. The minimum absolute atomic E-state index is 0.0643. The second-order valence-corrected chi connectivity index (χ2v) is 8.42. The molecule has 0 unspecified atom stereocenters. The van der Waals surface area contributed by atoms with E-state index in [1.54, 1.807) is 25.1 Å². The van der Waals surface area contributed by atoms with E-state index in [0.29, 0.717) is 43.2 Å². The number of fused-ring (bicyclic) bond motifs is 1. The van der Waals surface area contributed by atoms with E-state index in [9.17, 15) is 14.7 Å². The number of phenolic OH excluding ortho intramolecular Hbond substituents is 1. The monoisotopic (exact) mass is 524 g/mol. The number of furan rings is 1. The van der Waals surface area contributed by atoms with Gasteiger partial charge in [0, 0.05) is 17.5 Å². The van der Waals surface area contributed by atoms with Crippen molar-refractivity contribution in [2.45, 2.75) is 20.1 Å². The quantitative estimate of drug-likeness (QED) is 0.164. The molecule has 0 saturated heterocycles. The molecule has 0 bridgehead atoms. The van der Waals surface area contributed by atoms with Gasteiger partial charge in [0.2, 0.25) is 5.76 Å². The van der Waals surface area contributed by atoms with Crippen molar-refractivity contribution in [3.8, 4) is 17.2 Å². The molecule has 198 valence electrons. The number of carbonyl (C=O) groups excluding carboxylic acids is 2. The van der Waals surface area contributed by atoms with Crippen LogP contribution in [0.2, 0.25) is 0 Å². The van der Waals surface area contributed by atoms with Crippen molar-refractivity contribution in [2.75, 3.05) is 6.61 Å². The number of esters is 1. The fraction of sp³-hybridized carbons (Fsp3) is 0.125. The molecule has 39 heavy (non-hydrogen) atoms. The molecule has 1 heterocycles. The maximum absolute atomic E-state index is 11.7. The van der Waals surface area contributed by atoms with E-state index in [1.165, 1.54) is 12.1 Å². The number of benzene rings is 4. The average Bonchev–Trinajstić information content (AvgIpc) is 3.40. The summed E-state index contributed by atoms with van der Waals surface area (Å²) in [5.74, 6) is 0.922. The molecule has 0 amide bonds. The molecule has 4 aromatic carbocycles. The Bertz CT molecular complexity index is 1510. The highest BCUT2D eigenvalue weighted by Crippen LogP contribution is 2.25. The zero-order chi connectivity index (χ0) is 27.5. The van der Waals surface area contributed by atoms with Crippen LogP contribution in [0.1, 0.15) is 39.0 Å². The molecule has 0 radical (unpaired) electrons. The van der Waals surface area contributed by atoms with Crippen LogP contribution in [0.25, 0.3) is 11.0 Å². The van der Waals surface area contributed by atoms with E-state index in [-0.39, 0.29) is 17.1 Å². The predicted molar refractivity (Wildman–Crippen MR) is 147 cm³/mol.